The number of benzene rings is 2. The van der Waals surface area contributed by atoms with Crippen LogP contribution in [0.15, 0.2) is 54.7 Å². The molecular formula is C17H12F3NO2. The number of aromatic nitrogens is 1. The summed E-state index contributed by atoms with van der Waals surface area (Å²) in [5.74, 6) is -1.30. The number of rotatable bonds is 2. The highest BCUT2D eigenvalue weighted by Gasteiger charge is 2.08. The molecule has 0 unspecified atom stereocenters. The van der Waals surface area contributed by atoms with Crippen LogP contribution in [0, 0.1) is 5.82 Å². The van der Waals surface area contributed by atoms with Crippen LogP contribution >= 0.6 is 0 Å². The highest BCUT2D eigenvalue weighted by atomic mass is 19.3. The number of halogens is 3. The molecule has 0 fully saturated rings. The molecule has 0 saturated heterocycles. The van der Waals surface area contributed by atoms with Gasteiger partial charge in [-0.2, -0.15) is 0 Å². The summed E-state index contributed by atoms with van der Waals surface area (Å²) in [6.07, 6.45) is 1.33. The van der Waals surface area contributed by atoms with Crippen LogP contribution < -0.4 is 0 Å². The Morgan fingerprint density at radius 3 is 2.35 bits per heavy atom. The summed E-state index contributed by atoms with van der Waals surface area (Å²) in [6.45, 7) is -1.75. The summed E-state index contributed by atoms with van der Waals surface area (Å²) < 4.78 is 32.2. The number of pyridine rings is 1. The van der Waals surface area contributed by atoms with Crippen molar-refractivity contribution in [1.29, 1.82) is 0 Å². The van der Waals surface area contributed by atoms with Crippen molar-refractivity contribution >= 4 is 16.9 Å². The first kappa shape index (κ1) is 16.5. The first-order valence-electron chi connectivity index (χ1n) is 6.56. The molecule has 0 aliphatic rings. The molecule has 6 heteroatoms. The molecule has 1 N–H and O–H groups in total. The lowest BCUT2D eigenvalue weighted by molar-refractivity contribution is 0.0696. The summed E-state index contributed by atoms with van der Waals surface area (Å²) in [5, 5.41) is 9.72. The summed E-state index contributed by atoms with van der Waals surface area (Å²) in [7, 11) is 0. The second-order valence-electron chi connectivity index (χ2n) is 4.51. The summed E-state index contributed by atoms with van der Waals surface area (Å²) >= 11 is 0. The van der Waals surface area contributed by atoms with Crippen LogP contribution in [0.3, 0.4) is 0 Å². The van der Waals surface area contributed by atoms with E-state index < -0.39 is 12.9 Å². The number of hydrogen-bond donors (Lipinski definition) is 1. The van der Waals surface area contributed by atoms with Crippen LogP contribution in [0.5, 0.6) is 0 Å². The van der Waals surface area contributed by atoms with Gasteiger partial charge in [0.15, 0.2) is 0 Å². The number of carboxylic acid groups (broad SMARTS) is 1. The molecule has 0 saturated carbocycles. The molecule has 0 radical (unpaired) electrons. The Hall–Kier alpha value is -2.89. The average molecular weight is 319 g/mol. The third kappa shape index (κ3) is 3.85. The van der Waals surface area contributed by atoms with E-state index in [-0.39, 0.29) is 11.4 Å². The Morgan fingerprint density at radius 1 is 1.09 bits per heavy atom. The lowest BCUT2D eigenvalue weighted by atomic mass is 10.0. The van der Waals surface area contributed by atoms with Crippen molar-refractivity contribution in [1.82, 2.24) is 4.98 Å². The zero-order valence-electron chi connectivity index (χ0n) is 11.8. The van der Waals surface area contributed by atoms with E-state index in [0.29, 0.717) is 5.52 Å². The van der Waals surface area contributed by atoms with Gasteiger partial charge < -0.3 is 5.11 Å². The topological polar surface area (TPSA) is 50.2 Å². The fraction of sp³-hybridized carbons (Fsp3) is 0.0588. The minimum atomic E-state index is -1.75. The Morgan fingerprint density at radius 2 is 1.74 bits per heavy atom. The minimum absolute atomic E-state index is 0.147. The largest absolute Gasteiger partial charge is 0.478 e. The van der Waals surface area contributed by atoms with E-state index in [9.17, 15) is 18.0 Å². The van der Waals surface area contributed by atoms with Crippen LogP contribution in [0.4, 0.5) is 13.2 Å². The maximum atomic E-state index is 13.0. The van der Waals surface area contributed by atoms with Gasteiger partial charge in [0.25, 0.3) is 0 Å². The van der Waals surface area contributed by atoms with E-state index in [2.05, 4.69) is 4.98 Å². The predicted octanol–water partition coefficient (Wildman–Crippen LogP) is 4.62. The predicted molar refractivity (Wildman–Crippen MR) is 81.2 cm³/mol. The number of fused-ring (bicyclic) bond motifs is 1. The normalized spacial score (nSPS) is 10.0. The molecular weight excluding hydrogens is 307 g/mol. The first-order valence-corrected chi connectivity index (χ1v) is 6.56. The number of para-hydroxylation sites is 1. The van der Waals surface area contributed by atoms with Gasteiger partial charge in [0.05, 0.1) is 11.1 Å². The van der Waals surface area contributed by atoms with Crippen molar-refractivity contribution in [2.24, 2.45) is 0 Å². The molecule has 3 aromatic rings. The van der Waals surface area contributed by atoms with Crippen LogP contribution in [-0.2, 0) is 0 Å². The number of nitrogens with zero attached hydrogens (tertiary/aromatic N) is 1. The van der Waals surface area contributed by atoms with E-state index in [1.165, 1.54) is 18.3 Å². The summed E-state index contributed by atoms with van der Waals surface area (Å²) in [5.41, 5.74) is 2.53. The van der Waals surface area contributed by atoms with E-state index in [4.69, 9.17) is 5.11 Å². The van der Waals surface area contributed by atoms with Crippen molar-refractivity contribution in [2.45, 2.75) is 0 Å². The molecule has 3 nitrogen and oxygen atoms in total. The molecule has 0 atom stereocenters. The standard InChI is InChI=1S/C16H10FNO2.CH2F2/c17-13-6-4-10(5-7-13)14-3-1-2-11-8-12(16(19)20)9-18-15(11)14;2-1-3/h1-9H,(H,19,20);1H2. The lowest BCUT2D eigenvalue weighted by Gasteiger charge is -2.06. The van der Waals surface area contributed by atoms with E-state index in [1.54, 1.807) is 18.2 Å². The number of alkyl halides is 2. The number of hydrogen-bond acceptors (Lipinski definition) is 2. The van der Waals surface area contributed by atoms with Crippen LogP contribution in [0.2, 0.25) is 0 Å². The van der Waals surface area contributed by atoms with E-state index in [0.717, 1.165) is 16.5 Å². The van der Waals surface area contributed by atoms with Gasteiger partial charge >= 0.3 is 5.97 Å². The van der Waals surface area contributed by atoms with Gasteiger partial charge in [-0.3, -0.25) is 4.98 Å². The maximum Gasteiger partial charge on any atom is 0.337 e. The number of carboxylic acids is 1. The van der Waals surface area contributed by atoms with Crippen molar-refractivity contribution < 1.29 is 23.1 Å². The Balaban J connectivity index is 0.000000595. The monoisotopic (exact) mass is 319 g/mol. The van der Waals surface area contributed by atoms with Gasteiger partial charge in [0, 0.05) is 17.1 Å². The molecule has 0 aliphatic heterocycles. The Bertz CT molecular complexity index is 820. The smallest absolute Gasteiger partial charge is 0.337 e. The van der Waals surface area contributed by atoms with Gasteiger partial charge in [-0.25, -0.2) is 18.0 Å². The molecule has 0 amide bonds. The number of carbonyl (C=O) groups is 1. The zero-order chi connectivity index (χ0) is 16.8. The van der Waals surface area contributed by atoms with Gasteiger partial charge in [-0.15, -0.1) is 0 Å². The molecule has 0 bridgehead atoms. The second-order valence-corrected chi connectivity index (χ2v) is 4.51. The maximum absolute atomic E-state index is 13.0. The molecule has 2 aromatic carbocycles. The lowest BCUT2D eigenvalue weighted by Crippen LogP contribution is -1.97. The SMILES string of the molecule is FCF.O=C(O)c1cnc2c(-c3ccc(F)cc3)cccc2c1. The van der Waals surface area contributed by atoms with Crippen molar-refractivity contribution in [2.75, 3.05) is 6.93 Å². The van der Waals surface area contributed by atoms with Gasteiger partial charge in [0.1, 0.15) is 5.82 Å². The molecule has 23 heavy (non-hydrogen) atoms. The fourth-order valence-electron chi connectivity index (χ4n) is 2.14. The highest BCUT2D eigenvalue weighted by Crippen LogP contribution is 2.27. The first-order chi connectivity index (χ1) is 11.1. The van der Waals surface area contributed by atoms with Crippen molar-refractivity contribution in [3.05, 3.63) is 66.1 Å². The quantitative estimate of drug-likeness (QED) is 0.749. The third-order valence-electron chi connectivity index (χ3n) is 3.11. The average Bonchev–Trinajstić information content (AvgIpc) is 2.55. The van der Waals surface area contributed by atoms with Gasteiger partial charge in [0.2, 0.25) is 6.93 Å². The number of aromatic carboxylic acids is 1. The summed E-state index contributed by atoms with van der Waals surface area (Å²) in [4.78, 5) is 15.2. The second kappa shape index (κ2) is 7.40. The molecule has 0 spiro atoms. The van der Waals surface area contributed by atoms with E-state index in [1.807, 2.05) is 18.2 Å². The molecule has 3 rings (SSSR count). The third-order valence-corrected chi connectivity index (χ3v) is 3.11. The highest BCUT2D eigenvalue weighted by molar-refractivity contribution is 5.97. The van der Waals surface area contributed by atoms with Crippen molar-refractivity contribution in [3.63, 3.8) is 0 Å². The minimum Gasteiger partial charge on any atom is -0.478 e. The molecule has 0 aliphatic carbocycles. The van der Waals surface area contributed by atoms with Gasteiger partial charge in [-0.1, -0.05) is 30.3 Å². The molecule has 1 aromatic heterocycles. The van der Waals surface area contributed by atoms with Crippen LogP contribution in [0.1, 0.15) is 10.4 Å². The Labute approximate surface area is 130 Å². The van der Waals surface area contributed by atoms with Gasteiger partial charge in [-0.05, 0) is 23.8 Å². The van der Waals surface area contributed by atoms with Crippen molar-refractivity contribution in [3.8, 4) is 11.1 Å². The Kier molecular flexibility index (Phi) is 5.30. The summed E-state index contributed by atoms with van der Waals surface area (Å²) in [6, 6.07) is 13.2. The van der Waals surface area contributed by atoms with Crippen LogP contribution in [0.25, 0.3) is 22.0 Å². The fourth-order valence-corrected chi connectivity index (χ4v) is 2.14. The molecule has 118 valence electrons. The molecule has 1 heterocycles. The van der Waals surface area contributed by atoms with E-state index >= 15 is 0 Å². The zero-order valence-corrected chi connectivity index (χ0v) is 11.8. The van der Waals surface area contributed by atoms with Crippen LogP contribution in [-0.4, -0.2) is 23.0 Å².